The fourth-order valence-electron chi connectivity index (χ4n) is 1.76. The van der Waals surface area contributed by atoms with Crippen molar-refractivity contribution < 1.29 is 5.11 Å². The Morgan fingerprint density at radius 1 is 1.53 bits per heavy atom. The van der Waals surface area contributed by atoms with E-state index in [4.69, 9.17) is 11.0 Å². The number of nitrogens with zero attached hydrogens (tertiary/aromatic N) is 3. The lowest BCUT2D eigenvalue weighted by atomic mass is 10.1. The normalized spacial score (nSPS) is 11.6. The van der Waals surface area contributed by atoms with Crippen LogP contribution in [0.3, 0.4) is 0 Å². The average molecular weight is 230 g/mol. The summed E-state index contributed by atoms with van der Waals surface area (Å²) in [6.07, 6.45) is 0. The van der Waals surface area contributed by atoms with E-state index in [-0.39, 0.29) is 0 Å². The molecule has 5 heteroatoms. The van der Waals surface area contributed by atoms with Crippen LogP contribution in [-0.4, -0.2) is 20.3 Å². The number of anilines is 1. The monoisotopic (exact) mass is 230 g/mol. The van der Waals surface area contributed by atoms with Gasteiger partial charge in [-0.2, -0.15) is 5.26 Å². The number of aromatic nitrogens is 2. The van der Waals surface area contributed by atoms with Crippen LogP contribution < -0.4 is 5.73 Å². The van der Waals surface area contributed by atoms with Crippen LogP contribution in [0.15, 0.2) is 18.2 Å². The van der Waals surface area contributed by atoms with Gasteiger partial charge >= 0.3 is 0 Å². The molecule has 88 valence electrons. The molecule has 0 spiro atoms. The maximum Gasteiger partial charge on any atom is 0.201 e. The van der Waals surface area contributed by atoms with Crippen LogP contribution in [0.25, 0.3) is 11.0 Å². The van der Waals surface area contributed by atoms with Crippen molar-refractivity contribution in [2.75, 3.05) is 5.73 Å². The summed E-state index contributed by atoms with van der Waals surface area (Å²) in [5, 5.41) is 18.7. The molecule has 1 aromatic heterocycles. The van der Waals surface area contributed by atoms with Gasteiger partial charge in [-0.15, -0.1) is 0 Å². The van der Waals surface area contributed by atoms with Crippen molar-refractivity contribution in [1.82, 2.24) is 9.55 Å². The molecule has 0 amide bonds. The molecule has 0 aliphatic heterocycles. The summed E-state index contributed by atoms with van der Waals surface area (Å²) in [7, 11) is 0. The lowest BCUT2D eigenvalue weighted by molar-refractivity contribution is 0.0633. The minimum atomic E-state index is -0.885. The van der Waals surface area contributed by atoms with E-state index in [1.54, 1.807) is 36.6 Å². The fourth-order valence-corrected chi connectivity index (χ4v) is 1.76. The molecule has 0 radical (unpaired) electrons. The third-order valence-electron chi connectivity index (χ3n) is 2.45. The van der Waals surface area contributed by atoms with Crippen LogP contribution in [0, 0.1) is 11.3 Å². The highest BCUT2D eigenvalue weighted by Gasteiger charge is 2.18. The third kappa shape index (κ3) is 2.22. The summed E-state index contributed by atoms with van der Waals surface area (Å²) >= 11 is 0. The quantitative estimate of drug-likeness (QED) is 0.813. The van der Waals surface area contributed by atoms with Crippen molar-refractivity contribution in [2.45, 2.75) is 26.0 Å². The number of rotatable bonds is 2. The summed E-state index contributed by atoms with van der Waals surface area (Å²) in [4.78, 5) is 4.19. The van der Waals surface area contributed by atoms with Crippen LogP contribution in [0.4, 0.5) is 5.95 Å². The zero-order valence-corrected chi connectivity index (χ0v) is 9.81. The number of hydrogen-bond acceptors (Lipinski definition) is 4. The Bertz CT molecular complexity index is 601. The van der Waals surface area contributed by atoms with Gasteiger partial charge < -0.3 is 15.4 Å². The molecule has 2 rings (SSSR count). The summed E-state index contributed by atoms with van der Waals surface area (Å²) in [5.41, 5.74) is 6.97. The Balaban J connectivity index is 2.61. The molecule has 0 atom stereocenters. The predicted molar refractivity (Wildman–Crippen MR) is 65.2 cm³/mol. The first-order valence-corrected chi connectivity index (χ1v) is 5.29. The van der Waals surface area contributed by atoms with Gasteiger partial charge in [0.1, 0.15) is 0 Å². The molecule has 3 N–H and O–H groups in total. The van der Waals surface area contributed by atoms with E-state index in [2.05, 4.69) is 11.1 Å². The van der Waals surface area contributed by atoms with Gasteiger partial charge in [0.15, 0.2) is 0 Å². The molecular weight excluding hydrogens is 216 g/mol. The Morgan fingerprint density at radius 2 is 2.24 bits per heavy atom. The average Bonchev–Trinajstić information content (AvgIpc) is 2.53. The highest BCUT2D eigenvalue weighted by atomic mass is 16.3. The minimum Gasteiger partial charge on any atom is -0.389 e. The summed E-state index contributed by atoms with van der Waals surface area (Å²) < 4.78 is 1.72. The molecule has 0 saturated heterocycles. The van der Waals surface area contributed by atoms with Crippen molar-refractivity contribution in [3.8, 4) is 6.07 Å². The van der Waals surface area contributed by atoms with E-state index < -0.39 is 5.60 Å². The highest BCUT2D eigenvalue weighted by Crippen LogP contribution is 2.21. The standard InChI is InChI=1S/C12H14N4O/c1-12(2,17)7-16-10-5-8(6-13)3-4-9(10)15-11(16)14/h3-5,17H,7H2,1-2H3,(H2,14,15). The van der Waals surface area contributed by atoms with Crippen molar-refractivity contribution in [3.63, 3.8) is 0 Å². The fraction of sp³-hybridized carbons (Fsp3) is 0.333. The van der Waals surface area contributed by atoms with Gasteiger partial charge in [0.05, 0.1) is 34.8 Å². The first-order valence-electron chi connectivity index (χ1n) is 5.29. The Hall–Kier alpha value is -2.06. The topological polar surface area (TPSA) is 87.9 Å². The molecule has 0 bridgehead atoms. The van der Waals surface area contributed by atoms with E-state index in [9.17, 15) is 5.11 Å². The highest BCUT2D eigenvalue weighted by molar-refractivity contribution is 5.79. The van der Waals surface area contributed by atoms with Crippen molar-refractivity contribution in [2.24, 2.45) is 0 Å². The van der Waals surface area contributed by atoms with E-state index in [1.165, 1.54) is 0 Å². The van der Waals surface area contributed by atoms with Gasteiger partial charge in [0.25, 0.3) is 0 Å². The first-order chi connectivity index (χ1) is 7.90. The number of imidazole rings is 1. The smallest absolute Gasteiger partial charge is 0.201 e. The summed E-state index contributed by atoms with van der Waals surface area (Å²) in [6, 6.07) is 7.25. The van der Waals surface area contributed by atoms with E-state index in [0.29, 0.717) is 18.1 Å². The van der Waals surface area contributed by atoms with Gasteiger partial charge in [-0.25, -0.2) is 4.98 Å². The maximum absolute atomic E-state index is 9.83. The van der Waals surface area contributed by atoms with Crippen molar-refractivity contribution in [3.05, 3.63) is 23.8 Å². The first kappa shape index (κ1) is 11.4. The molecule has 0 fully saturated rings. The van der Waals surface area contributed by atoms with Crippen LogP contribution in [0.1, 0.15) is 19.4 Å². The number of nitrogens with two attached hydrogens (primary N) is 1. The number of aliphatic hydroxyl groups is 1. The van der Waals surface area contributed by atoms with E-state index >= 15 is 0 Å². The van der Waals surface area contributed by atoms with Gasteiger partial charge in [0, 0.05) is 0 Å². The molecule has 0 aliphatic rings. The third-order valence-corrected chi connectivity index (χ3v) is 2.45. The number of nitrogen functional groups attached to an aromatic ring is 1. The minimum absolute atomic E-state index is 0.338. The van der Waals surface area contributed by atoms with Gasteiger partial charge in [-0.3, -0.25) is 0 Å². The molecule has 17 heavy (non-hydrogen) atoms. The lowest BCUT2D eigenvalue weighted by Crippen LogP contribution is -2.26. The Labute approximate surface area is 99.1 Å². The molecular formula is C12H14N4O. The Morgan fingerprint density at radius 3 is 2.82 bits per heavy atom. The van der Waals surface area contributed by atoms with Gasteiger partial charge in [-0.05, 0) is 32.0 Å². The SMILES string of the molecule is CC(C)(O)Cn1c(N)nc2ccc(C#N)cc21. The molecule has 2 aromatic rings. The van der Waals surface area contributed by atoms with Crippen LogP contribution in [-0.2, 0) is 6.54 Å². The zero-order chi connectivity index (χ0) is 12.6. The Kier molecular flexibility index (Phi) is 2.52. The number of hydrogen-bond donors (Lipinski definition) is 2. The number of nitriles is 1. The molecule has 0 unspecified atom stereocenters. The molecule has 1 heterocycles. The lowest BCUT2D eigenvalue weighted by Gasteiger charge is -2.19. The van der Waals surface area contributed by atoms with Crippen molar-refractivity contribution in [1.29, 1.82) is 5.26 Å². The van der Waals surface area contributed by atoms with Crippen molar-refractivity contribution >= 4 is 17.0 Å². The molecule has 1 aromatic carbocycles. The summed E-state index contributed by atoms with van der Waals surface area (Å²) in [5.74, 6) is 0.345. The predicted octanol–water partition coefficient (Wildman–Crippen LogP) is 1.26. The van der Waals surface area contributed by atoms with E-state index in [0.717, 1.165) is 11.0 Å². The van der Waals surface area contributed by atoms with Gasteiger partial charge in [-0.1, -0.05) is 0 Å². The van der Waals surface area contributed by atoms with Gasteiger partial charge in [0.2, 0.25) is 5.95 Å². The second kappa shape index (κ2) is 3.75. The largest absolute Gasteiger partial charge is 0.389 e. The second-order valence-corrected chi connectivity index (χ2v) is 4.68. The van der Waals surface area contributed by atoms with E-state index in [1.807, 2.05) is 0 Å². The maximum atomic E-state index is 9.83. The van der Waals surface area contributed by atoms with Crippen LogP contribution >= 0.6 is 0 Å². The summed E-state index contributed by atoms with van der Waals surface area (Å²) in [6.45, 7) is 3.74. The van der Waals surface area contributed by atoms with Crippen LogP contribution in [0.5, 0.6) is 0 Å². The van der Waals surface area contributed by atoms with Crippen LogP contribution in [0.2, 0.25) is 0 Å². The molecule has 0 saturated carbocycles. The number of fused-ring (bicyclic) bond motifs is 1. The zero-order valence-electron chi connectivity index (χ0n) is 9.81. The molecule has 0 aliphatic carbocycles. The molecule has 5 nitrogen and oxygen atoms in total. The second-order valence-electron chi connectivity index (χ2n) is 4.68. The number of benzene rings is 1.